The van der Waals surface area contributed by atoms with Crippen LogP contribution >= 0.6 is 0 Å². The van der Waals surface area contributed by atoms with E-state index in [0.717, 1.165) is 16.8 Å². The highest BCUT2D eigenvalue weighted by Gasteiger charge is 2.04. The third-order valence-electron chi connectivity index (χ3n) is 2.86. The number of aryl methyl sites for hydroxylation is 1. The number of anilines is 1. The molecular formula is C16H18FNO2. The Morgan fingerprint density at radius 3 is 2.70 bits per heavy atom. The largest absolute Gasteiger partial charge is 0.504 e. The zero-order valence-corrected chi connectivity index (χ0v) is 11.6. The monoisotopic (exact) mass is 275 g/mol. The second-order valence-electron chi connectivity index (χ2n) is 4.61. The van der Waals surface area contributed by atoms with Crippen molar-refractivity contribution in [3.05, 3.63) is 53.3 Å². The third kappa shape index (κ3) is 3.63. The summed E-state index contributed by atoms with van der Waals surface area (Å²) in [4.78, 5) is 0. The van der Waals surface area contributed by atoms with Gasteiger partial charge in [-0.05, 0) is 55.3 Å². The number of aromatic hydroxyl groups is 1. The average Bonchev–Trinajstić information content (AvgIpc) is 2.39. The SMILES string of the molecule is CCOc1cc(CNc2cc(C)cc(F)c2)ccc1O. The molecule has 0 amide bonds. The minimum Gasteiger partial charge on any atom is -0.504 e. The summed E-state index contributed by atoms with van der Waals surface area (Å²) in [7, 11) is 0. The summed E-state index contributed by atoms with van der Waals surface area (Å²) >= 11 is 0. The Labute approximate surface area is 118 Å². The van der Waals surface area contributed by atoms with E-state index in [2.05, 4.69) is 5.32 Å². The molecule has 0 aliphatic heterocycles. The molecule has 0 fully saturated rings. The van der Waals surface area contributed by atoms with Crippen molar-refractivity contribution in [2.45, 2.75) is 20.4 Å². The molecule has 0 radical (unpaired) electrons. The van der Waals surface area contributed by atoms with E-state index in [9.17, 15) is 9.50 Å². The Morgan fingerprint density at radius 1 is 1.20 bits per heavy atom. The zero-order valence-electron chi connectivity index (χ0n) is 11.6. The molecule has 0 atom stereocenters. The molecule has 0 aromatic heterocycles. The summed E-state index contributed by atoms with van der Waals surface area (Å²) in [6.45, 7) is 4.73. The van der Waals surface area contributed by atoms with Gasteiger partial charge in [0, 0.05) is 12.2 Å². The quantitative estimate of drug-likeness (QED) is 0.871. The van der Waals surface area contributed by atoms with Crippen LogP contribution in [0.4, 0.5) is 10.1 Å². The lowest BCUT2D eigenvalue weighted by atomic mass is 10.1. The topological polar surface area (TPSA) is 41.5 Å². The maximum atomic E-state index is 13.3. The molecule has 0 unspecified atom stereocenters. The summed E-state index contributed by atoms with van der Waals surface area (Å²) in [5.74, 6) is 0.327. The molecule has 2 aromatic rings. The van der Waals surface area contributed by atoms with Crippen molar-refractivity contribution >= 4 is 5.69 Å². The van der Waals surface area contributed by atoms with Crippen LogP contribution in [0, 0.1) is 12.7 Å². The highest BCUT2D eigenvalue weighted by molar-refractivity contribution is 5.48. The Bertz CT molecular complexity index is 579. The van der Waals surface area contributed by atoms with Crippen LogP contribution < -0.4 is 10.1 Å². The van der Waals surface area contributed by atoms with Crippen LogP contribution in [0.25, 0.3) is 0 Å². The molecule has 0 heterocycles. The molecule has 0 saturated heterocycles. The van der Waals surface area contributed by atoms with Crippen LogP contribution in [0.1, 0.15) is 18.1 Å². The van der Waals surface area contributed by atoms with Crippen LogP contribution in [0.5, 0.6) is 11.5 Å². The summed E-state index contributed by atoms with van der Waals surface area (Å²) in [5.41, 5.74) is 2.55. The molecule has 0 bridgehead atoms. The van der Waals surface area contributed by atoms with Gasteiger partial charge in [-0.2, -0.15) is 0 Å². The average molecular weight is 275 g/mol. The number of rotatable bonds is 5. The van der Waals surface area contributed by atoms with Gasteiger partial charge in [-0.15, -0.1) is 0 Å². The van der Waals surface area contributed by atoms with E-state index >= 15 is 0 Å². The predicted molar refractivity (Wildman–Crippen MR) is 77.7 cm³/mol. The van der Waals surface area contributed by atoms with Crippen molar-refractivity contribution in [3.63, 3.8) is 0 Å². The third-order valence-corrected chi connectivity index (χ3v) is 2.86. The number of hydrogen-bond donors (Lipinski definition) is 2. The fourth-order valence-corrected chi connectivity index (χ4v) is 1.98. The van der Waals surface area contributed by atoms with E-state index in [1.807, 2.05) is 19.9 Å². The molecule has 2 N–H and O–H groups in total. The zero-order chi connectivity index (χ0) is 14.5. The lowest BCUT2D eigenvalue weighted by Gasteiger charge is -2.10. The first-order valence-electron chi connectivity index (χ1n) is 6.54. The number of benzene rings is 2. The first-order valence-corrected chi connectivity index (χ1v) is 6.54. The van der Waals surface area contributed by atoms with Crippen molar-refractivity contribution in [2.24, 2.45) is 0 Å². The molecule has 0 saturated carbocycles. The van der Waals surface area contributed by atoms with Gasteiger partial charge in [0.1, 0.15) is 5.82 Å². The van der Waals surface area contributed by atoms with Crippen molar-refractivity contribution in [1.29, 1.82) is 0 Å². The molecule has 20 heavy (non-hydrogen) atoms. The van der Waals surface area contributed by atoms with Crippen LogP contribution in [0.3, 0.4) is 0 Å². The van der Waals surface area contributed by atoms with Gasteiger partial charge >= 0.3 is 0 Å². The molecule has 2 aromatic carbocycles. The lowest BCUT2D eigenvalue weighted by Crippen LogP contribution is -2.01. The number of phenolic OH excluding ortho intramolecular Hbond substituents is 1. The van der Waals surface area contributed by atoms with Gasteiger partial charge in [0.2, 0.25) is 0 Å². The Balaban J connectivity index is 2.08. The van der Waals surface area contributed by atoms with Gasteiger partial charge in [0.05, 0.1) is 6.61 Å². The lowest BCUT2D eigenvalue weighted by molar-refractivity contribution is 0.318. The molecule has 0 aliphatic rings. The Morgan fingerprint density at radius 2 is 2.00 bits per heavy atom. The first-order chi connectivity index (χ1) is 9.58. The maximum Gasteiger partial charge on any atom is 0.161 e. The molecule has 3 nitrogen and oxygen atoms in total. The normalized spacial score (nSPS) is 10.3. The van der Waals surface area contributed by atoms with Crippen molar-refractivity contribution in [3.8, 4) is 11.5 Å². The fraction of sp³-hybridized carbons (Fsp3) is 0.250. The highest BCUT2D eigenvalue weighted by atomic mass is 19.1. The fourth-order valence-electron chi connectivity index (χ4n) is 1.98. The van der Waals surface area contributed by atoms with Crippen LogP contribution in [-0.4, -0.2) is 11.7 Å². The predicted octanol–water partition coefficient (Wildman–Crippen LogP) is 3.85. The second-order valence-corrected chi connectivity index (χ2v) is 4.61. The molecule has 0 spiro atoms. The van der Waals surface area contributed by atoms with Gasteiger partial charge in [0.15, 0.2) is 11.5 Å². The van der Waals surface area contributed by atoms with E-state index in [4.69, 9.17) is 4.74 Å². The van der Waals surface area contributed by atoms with Crippen LogP contribution in [0.15, 0.2) is 36.4 Å². The van der Waals surface area contributed by atoms with Gasteiger partial charge < -0.3 is 15.2 Å². The molecule has 106 valence electrons. The maximum absolute atomic E-state index is 13.3. The van der Waals surface area contributed by atoms with Gasteiger partial charge in [-0.1, -0.05) is 6.07 Å². The van der Waals surface area contributed by atoms with E-state index in [1.165, 1.54) is 12.1 Å². The number of phenols is 1. The summed E-state index contributed by atoms with van der Waals surface area (Å²) < 4.78 is 18.6. The van der Waals surface area contributed by atoms with Crippen LogP contribution in [0.2, 0.25) is 0 Å². The van der Waals surface area contributed by atoms with Gasteiger partial charge in [0.25, 0.3) is 0 Å². The molecule has 0 aliphatic carbocycles. The van der Waals surface area contributed by atoms with Crippen molar-refractivity contribution in [2.75, 3.05) is 11.9 Å². The van der Waals surface area contributed by atoms with Crippen molar-refractivity contribution in [1.82, 2.24) is 0 Å². The minimum atomic E-state index is -0.256. The number of hydrogen-bond acceptors (Lipinski definition) is 3. The minimum absolute atomic E-state index is 0.122. The Kier molecular flexibility index (Phi) is 4.45. The standard InChI is InChI=1S/C16H18FNO2/c1-3-20-16-8-12(4-5-15(16)19)10-18-14-7-11(2)6-13(17)9-14/h4-9,18-19H,3,10H2,1-2H3. The van der Waals surface area contributed by atoms with E-state index < -0.39 is 0 Å². The van der Waals surface area contributed by atoms with Crippen LogP contribution in [-0.2, 0) is 6.54 Å². The highest BCUT2D eigenvalue weighted by Crippen LogP contribution is 2.27. The summed E-state index contributed by atoms with van der Waals surface area (Å²) in [6, 6.07) is 10.00. The Hall–Kier alpha value is -2.23. The second kappa shape index (κ2) is 6.28. The number of nitrogens with one attached hydrogen (secondary N) is 1. The van der Waals surface area contributed by atoms with E-state index in [-0.39, 0.29) is 11.6 Å². The number of ether oxygens (including phenoxy) is 1. The van der Waals surface area contributed by atoms with E-state index in [0.29, 0.717) is 18.9 Å². The summed E-state index contributed by atoms with van der Waals surface area (Å²) in [6.07, 6.45) is 0. The number of halogens is 1. The van der Waals surface area contributed by atoms with Crippen molar-refractivity contribution < 1.29 is 14.2 Å². The molecular weight excluding hydrogens is 257 g/mol. The summed E-state index contributed by atoms with van der Waals surface area (Å²) in [5, 5.41) is 12.8. The first kappa shape index (κ1) is 14.2. The molecule has 2 rings (SSSR count). The molecule has 4 heteroatoms. The van der Waals surface area contributed by atoms with E-state index in [1.54, 1.807) is 18.2 Å². The van der Waals surface area contributed by atoms with Gasteiger partial charge in [-0.3, -0.25) is 0 Å². The van der Waals surface area contributed by atoms with Gasteiger partial charge in [-0.25, -0.2) is 4.39 Å². The smallest absolute Gasteiger partial charge is 0.161 e.